The zero-order chi connectivity index (χ0) is 13.0. The molecule has 1 rings (SSSR count). The molecular formula is C11H19N3O3. The number of nitrogens with one attached hydrogen (secondary N) is 1. The number of carbonyl (C=O) groups is 1. The van der Waals surface area contributed by atoms with E-state index in [1.54, 1.807) is 24.9 Å². The first-order chi connectivity index (χ1) is 7.99. The van der Waals surface area contributed by atoms with Crippen LogP contribution in [0.15, 0.2) is 6.20 Å². The third kappa shape index (κ3) is 3.28. The monoisotopic (exact) mass is 241 g/mol. The van der Waals surface area contributed by atoms with Gasteiger partial charge in [0.1, 0.15) is 0 Å². The fourth-order valence-corrected chi connectivity index (χ4v) is 1.68. The first-order valence-electron chi connectivity index (χ1n) is 5.36. The highest BCUT2D eigenvalue weighted by atomic mass is 16.7. The second-order valence-corrected chi connectivity index (χ2v) is 3.90. The predicted octanol–water partition coefficient (Wildman–Crippen LogP) is 0.466. The smallest absolute Gasteiger partial charge is 0.255 e. The Hall–Kier alpha value is -1.40. The van der Waals surface area contributed by atoms with E-state index in [9.17, 15) is 4.79 Å². The van der Waals surface area contributed by atoms with Gasteiger partial charge in [-0.1, -0.05) is 0 Å². The highest BCUT2D eigenvalue weighted by Gasteiger charge is 2.20. The molecule has 1 N–H and O–H groups in total. The van der Waals surface area contributed by atoms with Crippen LogP contribution < -0.4 is 5.32 Å². The van der Waals surface area contributed by atoms with Crippen LogP contribution in [-0.4, -0.2) is 42.2 Å². The van der Waals surface area contributed by atoms with Crippen molar-refractivity contribution >= 4 is 5.91 Å². The highest BCUT2D eigenvalue weighted by Crippen LogP contribution is 2.06. The summed E-state index contributed by atoms with van der Waals surface area (Å²) in [4.78, 5) is 12.0. The number of rotatable bonds is 5. The standard InChI is InChI=1S/C11H19N3O3/c1-7-9(6-14(3)13-7)10(15)12-8(2)11(16-4)17-5/h6,8,11H,1-5H3,(H,12,15). The molecule has 6 nitrogen and oxygen atoms in total. The lowest BCUT2D eigenvalue weighted by Crippen LogP contribution is -2.43. The van der Waals surface area contributed by atoms with E-state index in [-0.39, 0.29) is 11.9 Å². The maximum absolute atomic E-state index is 12.0. The Balaban J connectivity index is 2.69. The third-order valence-electron chi connectivity index (χ3n) is 2.49. The van der Waals surface area contributed by atoms with Gasteiger partial charge in [0.2, 0.25) is 0 Å². The van der Waals surface area contributed by atoms with Gasteiger partial charge in [0, 0.05) is 27.5 Å². The van der Waals surface area contributed by atoms with E-state index in [0.29, 0.717) is 11.3 Å². The third-order valence-corrected chi connectivity index (χ3v) is 2.49. The maximum atomic E-state index is 12.0. The SMILES string of the molecule is COC(OC)C(C)NC(=O)c1cn(C)nc1C. The van der Waals surface area contributed by atoms with Gasteiger partial charge in [-0.25, -0.2) is 0 Å². The number of carbonyl (C=O) groups excluding carboxylic acids is 1. The van der Waals surface area contributed by atoms with Gasteiger partial charge in [0.15, 0.2) is 6.29 Å². The van der Waals surface area contributed by atoms with E-state index in [1.807, 2.05) is 6.92 Å². The van der Waals surface area contributed by atoms with Crippen LogP contribution >= 0.6 is 0 Å². The number of ether oxygens (including phenoxy) is 2. The molecule has 0 radical (unpaired) electrons. The lowest BCUT2D eigenvalue weighted by molar-refractivity contribution is -0.117. The molecule has 1 atom stereocenters. The van der Waals surface area contributed by atoms with Gasteiger partial charge in [0.25, 0.3) is 5.91 Å². The molecule has 0 saturated carbocycles. The summed E-state index contributed by atoms with van der Waals surface area (Å²) in [5.74, 6) is -0.179. The second kappa shape index (κ2) is 5.79. The van der Waals surface area contributed by atoms with Crippen molar-refractivity contribution in [3.63, 3.8) is 0 Å². The number of aryl methyl sites for hydroxylation is 2. The summed E-state index contributed by atoms with van der Waals surface area (Å²) in [5, 5.41) is 6.93. The normalized spacial score (nSPS) is 12.8. The average Bonchev–Trinajstić information content (AvgIpc) is 2.59. The number of hydrogen-bond acceptors (Lipinski definition) is 4. The molecule has 0 aliphatic heterocycles. The minimum atomic E-state index is -0.462. The van der Waals surface area contributed by atoms with Crippen molar-refractivity contribution in [1.29, 1.82) is 0 Å². The predicted molar refractivity (Wildman–Crippen MR) is 62.7 cm³/mol. The number of aromatic nitrogens is 2. The van der Waals surface area contributed by atoms with Gasteiger partial charge in [-0.15, -0.1) is 0 Å². The largest absolute Gasteiger partial charge is 0.354 e. The lowest BCUT2D eigenvalue weighted by Gasteiger charge is -2.21. The molecule has 1 aromatic rings. The van der Waals surface area contributed by atoms with E-state index in [1.165, 1.54) is 14.2 Å². The Morgan fingerprint density at radius 3 is 2.47 bits per heavy atom. The minimum Gasteiger partial charge on any atom is -0.354 e. The molecule has 0 saturated heterocycles. The van der Waals surface area contributed by atoms with E-state index in [2.05, 4.69) is 10.4 Å². The molecule has 0 bridgehead atoms. The molecule has 0 spiro atoms. The number of nitrogens with zero attached hydrogens (tertiary/aromatic N) is 2. The molecule has 1 amide bonds. The van der Waals surface area contributed by atoms with Gasteiger partial charge in [-0.2, -0.15) is 5.10 Å². The molecule has 0 fully saturated rings. The van der Waals surface area contributed by atoms with Crippen LogP contribution in [0, 0.1) is 6.92 Å². The van der Waals surface area contributed by atoms with Gasteiger partial charge < -0.3 is 14.8 Å². The lowest BCUT2D eigenvalue weighted by atomic mass is 10.2. The Kier molecular flexibility index (Phi) is 4.65. The molecule has 0 aliphatic carbocycles. The second-order valence-electron chi connectivity index (χ2n) is 3.90. The first-order valence-corrected chi connectivity index (χ1v) is 5.36. The van der Waals surface area contributed by atoms with Crippen LogP contribution in [0.5, 0.6) is 0 Å². The molecule has 1 aromatic heterocycles. The summed E-state index contributed by atoms with van der Waals surface area (Å²) in [6.45, 7) is 3.62. The molecule has 96 valence electrons. The molecular weight excluding hydrogens is 222 g/mol. The average molecular weight is 241 g/mol. The summed E-state index contributed by atoms with van der Waals surface area (Å²) in [7, 11) is 4.85. The fourth-order valence-electron chi connectivity index (χ4n) is 1.68. The molecule has 1 heterocycles. The van der Waals surface area contributed by atoms with Crippen LogP contribution in [0.4, 0.5) is 0 Å². The summed E-state index contributed by atoms with van der Waals surface area (Å²) >= 11 is 0. The zero-order valence-corrected chi connectivity index (χ0v) is 10.9. The van der Waals surface area contributed by atoms with Crippen molar-refractivity contribution < 1.29 is 14.3 Å². The number of hydrogen-bond donors (Lipinski definition) is 1. The summed E-state index contributed by atoms with van der Waals surface area (Å²) in [6.07, 6.45) is 1.22. The van der Waals surface area contributed by atoms with Crippen LogP contribution in [0.2, 0.25) is 0 Å². The van der Waals surface area contributed by atoms with E-state index in [0.717, 1.165) is 0 Å². The van der Waals surface area contributed by atoms with E-state index >= 15 is 0 Å². The summed E-state index contributed by atoms with van der Waals surface area (Å²) in [6, 6.07) is -0.239. The van der Waals surface area contributed by atoms with Crippen molar-refractivity contribution in [2.45, 2.75) is 26.2 Å². The zero-order valence-electron chi connectivity index (χ0n) is 10.9. The Labute approximate surface area is 101 Å². The van der Waals surface area contributed by atoms with Crippen LogP contribution in [0.25, 0.3) is 0 Å². The van der Waals surface area contributed by atoms with Gasteiger partial charge >= 0.3 is 0 Å². The van der Waals surface area contributed by atoms with Gasteiger partial charge in [-0.05, 0) is 13.8 Å². The van der Waals surface area contributed by atoms with Crippen LogP contribution in [0.3, 0.4) is 0 Å². The van der Waals surface area contributed by atoms with Crippen LogP contribution in [0.1, 0.15) is 23.0 Å². The van der Waals surface area contributed by atoms with Crippen molar-refractivity contribution in [3.8, 4) is 0 Å². The molecule has 6 heteroatoms. The van der Waals surface area contributed by atoms with Crippen molar-refractivity contribution in [2.24, 2.45) is 7.05 Å². The quantitative estimate of drug-likeness (QED) is 0.761. The molecule has 1 unspecified atom stereocenters. The highest BCUT2D eigenvalue weighted by molar-refractivity contribution is 5.95. The van der Waals surface area contributed by atoms with Crippen LogP contribution in [-0.2, 0) is 16.5 Å². The van der Waals surface area contributed by atoms with E-state index in [4.69, 9.17) is 9.47 Å². The summed E-state index contributed by atoms with van der Waals surface area (Å²) in [5.41, 5.74) is 1.26. The minimum absolute atomic E-state index is 0.179. The van der Waals surface area contributed by atoms with Crippen molar-refractivity contribution in [1.82, 2.24) is 15.1 Å². The molecule has 17 heavy (non-hydrogen) atoms. The first kappa shape index (κ1) is 13.7. The Morgan fingerprint density at radius 1 is 1.47 bits per heavy atom. The number of methoxy groups -OCH3 is 2. The topological polar surface area (TPSA) is 65.4 Å². The molecule has 0 aromatic carbocycles. The number of amides is 1. The van der Waals surface area contributed by atoms with Gasteiger partial charge in [-0.3, -0.25) is 9.48 Å². The Bertz CT molecular complexity index is 385. The fraction of sp³-hybridized carbons (Fsp3) is 0.636. The van der Waals surface area contributed by atoms with Crippen molar-refractivity contribution in [3.05, 3.63) is 17.5 Å². The molecule has 0 aliphatic rings. The van der Waals surface area contributed by atoms with Gasteiger partial charge in [0.05, 0.1) is 17.3 Å². The summed E-state index contributed by atoms with van der Waals surface area (Å²) < 4.78 is 11.8. The Morgan fingerprint density at radius 2 is 2.06 bits per heavy atom. The maximum Gasteiger partial charge on any atom is 0.255 e. The van der Waals surface area contributed by atoms with E-state index < -0.39 is 6.29 Å². The van der Waals surface area contributed by atoms with Crippen molar-refractivity contribution in [2.75, 3.05) is 14.2 Å².